The Kier molecular flexibility index (Phi) is 3.64. The predicted molar refractivity (Wildman–Crippen MR) is 72.9 cm³/mol. The van der Waals surface area contributed by atoms with Gasteiger partial charge in [-0.2, -0.15) is 0 Å². The van der Waals surface area contributed by atoms with Crippen LogP contribution in [-0.4, -0.2) is 27.0 Å². The third kappa shape index (κ3) is 3.04. The molecule has 0 amide bonds. The number of nitrogens with one attached hydrogen (secondary N) is 1. The van der Waals surface area contributed by atoms with Gasteiger partial charge in [0.1, 0.15) is 10.4 Å². The number of nitrogens with zero attached hydrogens (tertiary/aromatic N) is 2. The van der Waals surface area contributed by atoms with E-state index in [-0.39, 0.29) is 9.24 Å². The number of nitrogen functional groups attached to an aromatic ring is 1. The van der Waals surface area contributed by atoms with Crippen LogP contribution in [0.25, 0.3) is 0 Å². The summed E-state index contributed by atoms with van der Waals surface area (Å²) < 4.78 is 45.2. The molecule has 5 N–H and O–H groups in total. The lowest BCUT2D eigenvalue weighted by atomic mass is 10.3. The number of nitrogens with two attached hydrogens (primary N) is 2. The van der Waals surface area contributed by atoms with Crippen molar-refractivity contribution in [3.8, 4) is 0 Å². The number of fused-ring (bicyclic) bond motifs is 3. The van der Waals surface area contributed by atoms with Gasteiger partial charge >= 0.3 is 0 Å². The molecule has 12 heteroatoms. The van der Waals surface area contributed by atoms with Gasteiger partial charge in [-0.05, 0) is 18.2 Å². The number of sulfonamides is 2. The van der Waals surface area contributed by atoms with Crippen molar-refractivity contribution < 1.29 is 16.8 Å². The largest absolute Gasteiger partial charge is 0.398 e. The molecule has 4 rings (SSSR count). The van der Waals surface area contributed by atoms with Crippen LogP contribution in [0.1, 0.15) is 0 Å². The molecule has 1 aromatic heterocycles. The molecule has 0 aliphatic carbocycles. The zero-order chi connectivity index (χ0) is 15.0. The van der Waals surface area contributed by atoms with Crippen molar-refractivity contribution >= 4 is 42.8 Å². The van der Waals surface area contributed by atoms with E-state index >= 15 is 0 Å². The van der Waals surface area contributed by atoms with Crippen LogP contribution in [0.5, 0.6) is 0 Å². The number of aromatic nitrogens is 2. The summed E-state index contributed by atoms with van der Waals surface area (Å²) in [6.45, 7) is 0. The van der Waals surface area contributed by atoms with Crippen molar-refractivity contribution in [1.82, 2.24) is 10.2 Å². The molecule has 0 radical (unpaired) electrons. The maximum absolute atomic E-state index is 11.1. The Morgan fingerprint density at radius 3 is 2.30 bits per heavy atom. The highest BCUT2D eigenvalue weighted by Crippen LogP contribution is 2.29. The molecular formula is C8H9N5O4S3. The van der Waals surface area contributed by atoms with E-state index in [0.29, 0.717) is 11.4 Å². The lowest BCUT2D eigenvalue weighted by molar-refractivity contribution is 0.595. The van der Waals surface area contributed by atoms with E-state index in [1.807, 2.05) is 0 Å². The number of hydrogen-bond donors (Lipinski definition) is 3. The Balaban J connectivity index is 0.000000151. The summed E-state index contributed by atoms with van der Waals surface area (Å²) in [7, 11) is -6.94. The number of benzene rings is 1. The maximum atomic E-state index is 11.1. The lowest BCUT2D eigenvalue weighted by Gasteiger charge is -2.16. The number of rotatable bonds is 1. The second-order valence-electron chi connectivity index (χ2n) is 3.61. The summed E-state index contributed by atoms with van der Waals surface area (Å²) in [6.07, 6.45) is 0. The van der Waals surface area contributed by atoms with E-state index in [9.17, 15) is 16.8 Å². The highest BCUT2D eigenvalue weighted by molar-refractivity contribution is 7.93. The molecule has 0 spiro atoms. The molecule has 0 unspecified atom stereocenters. The van der Waals surface area contributed by atoms with Gasteiger partial charge in [-0.15, -0.1) is 10.2 Å². The summed E-state index contributed by atoms with van der Waals surface area (Å²) in [5.41, 5.74) is 7.57. The van der Waals surface area contributed by atoms with Crippen LogP contribution in [0.15, 0.2) is 32.9 Å². The van der Waals surface area contributed by atoms with Gasteiger partial charge in [0.05, 0.1) is 11.4 Å². The van der Waals surface area contributed by atoms with Gasteiger partial charge in [0.2, 0.25) is 4.34 Å². The van der Waals surface area contributed by atoms with Crippen LogP contribution in [0.4, 0.5) is 11.4 Å². The zero-order valence-corrected chi connectivity index (χ0v) is 12.2. The number of anilines is 2. The Morgan fingerprint density at radius 1 is 1.30 bits per heavy atom. The molecule has 2 aliphatic rings. The van der Waals surface area contributed by atoms with E-state index in [1.54, 1.807) is 12.1 Å². The molecular weight excluding hydrogens is 326 g/mol. The fourth-order valence-corrected chi connectivity index (χ4v) is 3.62. The standard InChI is InChI=1S/C6H6N2O2S.C2H3N3O2S2/c7-5-3-4-1-2-6(5)11(9,10)8-4;3-9(6,7)2-5-4-1-8-2/h1-3,8H,7H2;1H,(H2,3,6,7). The topological polar surface area (TPSA) is 158 Å². The molecule has 2 aliphatic heterocycles. The van der Waals surface area contributed by atoms with E-state index in [0.717, 1.165) is 11.3 Å². The first-order chi connectivity index (χ1) is 9.20. The molecule has 0 saturated heterocycles. The summed E-state index contributed by atoms with van der Waals surface area (Å²) in [5, 5.41) is 11.2. The molecule has 1 aromatic carbocycles. The highest BCUT2D eigenvalue weighted by atomic mass is 32.2. The van der Waals surface area contributed by atoms with Crippen molar-refractivity contribution in [1.29, 1.82) is 0 Å². The molecule has 0 saturated carbocycles. The molecule has 20 heavy (non-hydrogen) atoms. The molecule has 9 nitrogen and oxygen atoms in total. The molecule has 0 atom stereocenters. The van der Waals surface area contributed by atoms with Crippen LogP contribution >= 0.6 is 11.3 Å². The average Bonchev–Trinajstić information content (AvgIpc) is 2.80. The average molecular weight is 335 g/mol. The maximum Gasteiger partial charge on any atom is 0.267 e. The van der Waals surface area contributed by atoms with Crippen LogP contribution < -0.4 is 15.6 Å². The lowest BCUT2D eigenvalue weighted by Crippen LogP contribution is -2.19. The summed E-state index contributed by atoms with van der Waals surface area (Å²) in [5.74, 6) is 0. The van der Waals surface area contributed by atoms with Crippen LogP contribution in [0, 0.1) is 0 Å². The Morgan fingerprint density at radius 2 is 2.00 bits per heavy atom. The molecule has 2 bridgehead atoms. The van der Waals surface area contributed by atoms with Gasteiger partial charge in [0.25, 0.3) is 20.0 Å². The fraction of sp³-hybridized carbons (Fsp3) is 0. The van der Waals surface area contributed by atoms with Crippen molar-refractivity contribution in [2.75, 3.05) is 10.5 Å². The Bertz CT molecular complexity index is 829. The number of hydrogen-bond acceptors (Lipinski definition) is 8. The van der Waals surface area contributed by atoms with E-state index in [4.69, 9.17) is 5.73 Å². The molecule has 0 fully saturated rings. The van der Waals surface area contributed by atoms with Crippen molar-refractivity contribution in [3.63, 3.8) is 0 Å². The van der Waals surface area contributed by atoms with Crippen LogP contribution in [0.2, 0.25) is 0 Å². The Hall–Kier alpha value is -1.76. The first-order valence-corrected chi connectivity index (χ1v) is 8.82. The second kappa shape index (κ2) is 4.97. The SMILES string of the molecule is NS(=O)(=O)c1nncs1.Nc1cc2ccc1S(=O)(=O)N2. The minimum atomic E-state index is -3.61. The van der Waals surface area contributed by atoms with Crippen LogP contribution in [0.3, 0.4) is 0 Å². The summed E-state index contributed by atoms with van der Waals surface area (Å²) in [6, 6.07) is 4.76. The van der Waals surface area contributed by atoms with E-state index < -0.39 is 20.0 Å². The van der Waals surface area contributed by atoms with Gasteiger partial charge in [0, 0.05) is 0 Å². The third-order valence-electron chi connectivity index (χ3n) is 2.13. The molecule has 2 aromatic rings. The minimum Gasteiger partial charge on any atom is -0.398 e. The van der Waals surface area contributed by atoms with Gasteiger partial charge in [-0.3, -0.25) is 4.72 Å². The second-order valence-corrected chi connectivity index (χ2v) is 7.83. The van der Waals surface area contributed by atoms with Crippen molar-refractivity contribution in [2.24, 2.45) is 5.14 Å². The fourth-order valence-electron chi connectivity index (χ4n) is 1.35. The zero-order valence-electron chi connectivity index (χ0n) is 9.72. The van der Waals surface area contributed by atoms with Gasteiger partial charge < -0.3 is 5.73 Å². The monoisotopic (exact) mass is 335 g/mol. The van der Waals surface area contributed by atoms with Gasteiger partial charge in [-0.1, -0.05) is 11.3 Å². The Labute approximate surface area is 118 Å². The predicted octanol–water partition coefficient (Wildman–Crippen LogP) is -0.431. The number of primary sulfonamides is 1. The van der Waals surface area contributed by atoms with Gasteiger partial charge in [0.15, 0.2) is 0 Å². The highest BCUT2D eigenvalue weighted by Gasteiger charge is 2.22. The molecule has 3 heterocycles. The molecule has 108 valence electrons. The van der Waals surface area contributed by atoms with Crippen molar-refractivity contribution in [3.05, 3.63) is 23.7 Å². The minimum absolute atomic E-state index is 0.150. The van der Waals surface area contributed by atoms with E-state index in [1.165, 1.54) is 11.6 Å². The van der Waals surface area contributed by atoms with E-state index in [2.05, 4.69) is 20.1 Å². The van der Waals surface area contributed by atoms with Crippen molar-refractivity contribution in [2.45, 2.75) is 9.24 Å². The summed E-state index contributed by atoms with van der Waals surface area (Å²) in [4.78, 5) is 0.160. The third-order valence-corrected chi connectivity index (χ3v) is 5.63. The first kappa shape index (κ1) is 14.6. The quantitative estimate of drug-likeness (QED) is 0.596. The summed E-state index contributed by atoms with van der Waals surface area (Å²) >= 11 is 0.895. The smallest absolute Gasteiger partial charge is 0.267 e. The first-order valence-electron chi connectivity index (χ1n) is 4.91. The van der Waals surface area contributed by atoms with Gasteiger partial charge in [-0.25, -0.2) is 22.0 Å². The van der Waals surface area contributed by atoms with Crippen LogP contribution in [-0.2, 0) is 20.0 Å². The normalized spacial score (nSPS) is 15.1.